The molecule has 2 rings (SSSR count). The minimum atomic E-state index is -0.443. The number of aliphatic hydroxyl groups excluding tert-OH is 1. The molecule has 0 unspecified atom stereocenters. The van der Waals surface area contributed by atoms with E-state index >= 15 is 0 Å². The lowest BCUT2D eigenvalue weighted by atomic mass is 10.2. The second-order valence-electron chi connectivity index (χ2n) is 3.01. The second-order valence-corrected chi connectivity index (χ2v) is 3.45. The summed E-state index contributed by atoms with van der Waals surface area (Å²) in [5, 5.41) is 13.4. The molecule has 0 amide bonds. The maximum atomic E-state index is 13.5. The lowest BCUT2D eigenvalue weighted by Gasteiger charge is -2.07. The highest BCUT2D eigenvalue weighted by Gasteiger charge is 2.10. The van der Waals surface area contributed by atoms with Gasteiger partial charge in [0.15, 0.2) is 0 Å². The van der Waals surface area contributed by atoms with Crippen LogP contribution in [0.3, 0.4) is 0 Å². The van der Waals surface area contributed by atoms with Gasteiger partial charge in [-0.25, -0.2) is 9.07 Å². The van der Waals surface area contributed by atoms with Gasteiger partial charge in [-0.1, -0.05) is 23.7 Å². The zero-order chi connectivity index (χ0) is 10.8. The molecular weight excluding hydrogens is 219 g/mol. The van der Waals surface area contributed by atoms with Crippen LogP contribution < -0.4 is 0 Å². The molecule has 1 aromatic carbocycles. The van der Waals surface area contributed by atoms with E-state index in [9.17, 15) is 4.39 Å². The maximum Gasteiger partial charge on any atom is 0.149 e. The highest BCUT2D eigenvalue weighted by Crippen LogP contribution is 2.19. The summed E-state index contributed by atoms with van der Waals surface area (Å²) in [7, 11) is 0. The zero-order valence-electron chi connectivity index (χ0n) is 7.69. The Morgan fingerprint density at radius 3 is 2.87 bits per heavy atom. The van der Waals surface area contributed by atoms with Crippen molar-refractivity contribution in [3.63, 3.8) is 0 Å². The number of hydrogen-bond acceptors (Lipinski definition) is 2. The lowest BCUT2D eigenvalue weighted by molar-refractivity contribution is 0.280. The molecule has 15 heavy (non-hydrogen) atoms. The molecule has 5 heteroatoms. The Morgan fingerprint density at radius 2 is 2.27 bits per heavy atom. The fourth-order valence-corrected chi connectivity index (χ4v) is 1.50. The van der Waals surface area contributed by atoms with Gasteiger partial charge >= 0.3 is 0 Å². The predicted octanol–water partition coefficient (Wildman–Crippen LogP) is 2.16. The van der Waals surface area contributed by atoms with Crippen molar-refractivity contribution in [1.82, 2.24) is 9.78 Å². The summed E-state index contributed by atoms with van der Waals surface area (Å²) in [6, 6.07) is 4.48. The van der Waals surface area contributed by atoms with Gasteiger partial charge in [0.2, 0.25) is 0 Å². The first-order chi connectivity index (χ1) is 7.22. The van der Waals surface area contributed by atoms with Crippen molar-refractivity contribution < 1.29 is 9.50 Å². The molecule has 2 aromatic rings. The number of para-hydroxylation sites is 1. The first-order valence-electron chi connectivity index (χ1n) is 4.31. The molecule has 0 saturated carbocycles. The quantitative estimate of drug-likeness (QED) is 0.852. The van der Waals surface area contributed by atoms with E-state index in [1.807, 2.05) is 0 Å². The minimum absolute atomic E-state index is 0.229. The van der Waals surface area contributed by atoms with Crippen molar-refractivity contribution in [2.75, 3.05) is 0 Å². The van der Waals surface area contributed by atoms with Crippen molar-refractivity contribution in [3.8, 4) is 5.69 Å². The van der Waals surface area contributed by atoms with Crippen LogP contribution in [0.15, 0.2) is 30.6 Å². The van der Waals surface area contributed by atoms with E-state index in [0.717, 1.165) is 0 Å². The second kappa shape index (κ2) is 4.00. The number of hydrogen-bond donors (Lipinski definition) is 1. The van der Waals surface area contributed by atoms with Gasteiger partial charge < -0.3 is 5.11 Å². The lowest BCUT2D eigenvalue weighted by Crippen LogP contribution is -2.03. The average Bonchev–Trinajstić information content (AvgIpc) is 2.64. The van der Waals surface area contributed by atoms with Crippen molar-refractivity contribution in [2.45, 2.75) is 6.61 Å². The normalized spacial score (nSPS) is 10.6. The van der Waals surface area contributed by atoms with Gasteiger partial charge in [0.1, 0.15) is 11.5 Å². The Bertz CT molecular complexity index is 484. The topological polar surface area (TPSA) is 38.0 Å². The summed E-state index contributed by atoms with van der Waals surface area (Å²) in [5.41, 5.74) is 0.696. The largest absolute Gasteiger partial charge is 0.392 e. The van der Waals surface area contributed by atoms with Crippen LogP contribution in [0.5, 0.6) is 0 Å². The maximum absolute atomic E-state index is 13.5. The smallest absolute Gasteiger partial charge is 0.149 e. The third kappa shape index (κ3) is 1.86. The van der Waals surface area contributed by atoms with E-state index in [0.29, 0.717) is 10.6 Å². The summed E-state index contributed by atoms with van der Waals surface area (Å²) >= 11 is 5.69. The van der Waals surface area contributed by atoms with E-state index in [2.05, 4.69) is 5.10 Å². The summed E-state index contributed by atoms with van der Waals surface area (Å²) < 4.78 is 14.8. The number of benzene rings is 1. The van der Waals surface area contributed by atoms with E-state index in [4.69, 9.17) is 16.7 Å². The Labute approximate surface area is 90.7 Å². The number of nitrogens with zero attached hydrogens (tertiary/aromatic N) is 2. The Hall–Kier alpha value is -1.39. The van der Waals surface area contributed by atoms with Gasteiger partial charge in [-0.2, -0.15) is 5.10 Å². The van der Waals surface area contributed by atoms with Crippen LogP contribution in [-0.2, 0) is 6.61 Å². The molecule has 1 N–H and O–H groups in total. The van der Waals surface area contributed by atoms with Gasteiger partial charge in [-0.05, 0) is 6.07 Å². The molecule has 0 aliphatic heterocycles. The summed E-state index contributed by atoms with van der Waals surface area (Å²) in [6.45, 7) is -0.245. The molecule has 1 aromatic heterocycles. The Kier molecular flexibility index (Phi) is 2.70. The number of rotatable bonds is 2. The SMILES string of the molecule is OCc1cccc(F)c1-n1cc(Cl)cn1. The van der Waals surface area contributed by atoms with Crippen LogP contribution in [0, 0.1) is 5.82 Å². The molecule has 0 atom stereocenters. The van der Waals surface area contributed by atoms with Crippen LogP contribution in [-0.4, -0.2) is 14.9 Å². The zero-order valence-corrected chi connectivity index (χ0v) is 8.45. The van der Waals surface area contributed by atoms with Crippen LogP contribution in [0.4, 0.5) is 4.39 Å². The molecule has 78 valence electrons. The van der Waals surface area contributed by atoms with Gasteiger partial charge in [0, 0.05) is 11.8 Å². The van der Waals surface area contributed by atoms with Crippen LogP contribution in [0.1, 0.15) is 5.56 Å². The highest BCUT2D eigenvalue weighted by molar-refractivity contribution is 6.30. The molecule has 0 spiro atoms. The minimum Gasteiger partial charge on any atom is -0.392 e. The molecule has 0 aliphatic carbocycles. The van der Waals surface area contributed by atoms with Crippen LogP contribution in [0.2, 0.25) is 5.02 Å². The van der Waals surface area contributed by atoms with Crippen molar-refractivity contribution >= 4 is 11.6 Å². The van der Waals surface area contributed by atoms with Crippen LogP contribution >= 0.6 is 11.6 Å². The standard InChI is InChI=1S/C10H8ClFN2O/c11-8-4-13-14(5-8)10-7(6-15)2-1-3-9(10)12/h1-5,15H,6H2. The predicted molar refractivity (Wildman–Crippen MR) is 54.5 cm³/mol. The first kappa shape index (κ1) is 10.1. The molecule has 0 aliphatic rings. The monoisotopic (exact) mass is 226 g/mol. The van der Waals surface area contributed by atoms with Crippen LogP contribution in [0.25, 0.3) is 5.69 Å². The van der Waals surface area contributed by atoms with Crippen molar-refractivity contribution in [3.05, 3.63) is 47.0 Å². The number of aliphatic hydroxyl groups is 1. The molecule has 0 bridgehead atoms. The van der Waals surface area contributed by atoms with Gasteiger partial charge in [-0.3, -0.25) is 0 Å². The van der Waals surface area contributed by atoms with E-state index in [1.54, 1.807) is 6.07 Å². The van der Waals surface area contributed by atoms with Crippen molar-refractivity contribution in [2.24, 2.45) is 0 Å². The summed E-state index contributed by atoms with van der Waals surface area (Å²) in [4.78, 5) is 0. The van der Waals surface area contributed by atoms with E-state index < -0.39 is 5.82 Å². The molecular formula is C10H8ClFN2O. The van der Waals surface area contributed by atoms with E-state index in [1.165, 1.54) is 29.2 Å². The number of aromatic nitrogens is 2. The Balaban J connectivity index is 2.60. The summed E-state index contributed by atoms with van der Waals surface area (Å²) in [5.74, 6) is -0.443. The molecule has 0 fully saturated rings. The molecule has 3 nitrogen and oxygen atoms in total. The molecule has 1 heterocycles. The van der Waals surface area contributed by atoms with Gasteiger partial charge in [-0.15, -0.1) is 0 Å². The Morgan fingerprint density at radius 1 is 1.47 bits per heavy atom. The van der Waals surface area contributed by atoms with E-state index in [-0.39, 0.29) is 12.3 Å². The van der Waals surface area contributed by atoms with Crippen molar-refractivity contribution in [1.29, 1.82) is 0 Å². The fourth-order valence-electron chi connectivity index (χ4n) is 1.37. The first-order valence-corrected chi connectivity index (χ1v) is 4.69. The molecule has 0 radical (unpaired) electrons. The molecule has 0 saturated heterocycles. The third-order valence-electron chi connectivity index (χ3n) is 2.02. The third-order valence-corrected chi connectivity index (χ3v) is 2.22. The average molecular weight is 227 g/mol. The fraction of sp³-hybridized carbons (Fsp3) is 0.100. The number of halogens is 2. The highest BCUT2D eigenvalue weighted by atomic mass is 35.5. The summed E-state index contributed by atoms with van der Waals surface area (Å²) in [6.07, 6.45) is 2.90. The van der Waals surface area contributed by atoms with Gasteiger partial charge in [0.25, 0.3) is 0 Å². The van der Waals surface area contributed by atoms with Gasteiger partial charge in [0.05, 0.1) is 17.8 Å².